The van der Waals surface area contributed by atoms with Crippen LogP contribution in [-0.2, 0) is 11.3 Å². The third-order valence-corrected chi connectivity index (χ3v) is 5.22. The normalized spacial score (nSPS) is 10.5. The SMILES string of the molecule is CCCN(Cc1ccc(C(=O)NCC(=O)O)cc1)c1nc(-c2ccccc2)cs1. The Hall–Kier alpha value is -3.19. The first-order valence-electron chi connectivity index (χ1n) is 9.41. The summed E-state index contributed by atoms with van der Waals surface area (Å²) in [6.45, 7) is 3.31. The number of hydrogen-bond acceptors (Lipinski definition) is 5. The molecule has 1 aromatic heterocycles. The van der Waals surface area contributed by atoms with Gasteiger partial charge in [-0.2, -0.15) is 0 Å². The second-order valence-corrected chi connectivity index (χ2v) is 7.41. The molecule has 0 unspecified atom stereocenters. The van der Waals surface area contributed by atoms with Crippen molar-refractivity contribution in [1.29, 1.82) is 0 Å². The summed E-state index contributed by atoms with van der Waals surface area (Å²) in [5, 5.41) is 14.1. The zero-order valence-corrected chi connectivity index (χ0v) is 17.0. The molecule has 0 aliphatic heterocycles. The molecule has 3 aromatic rings. The van der Waals surface area contributed by atoms with E-state index >= 15 is 0 Å². The largest absolute Gasteiger partial charge is 0.480 e. The van der Waals surface area contributed by atoms with Crippen molar-refractivity contribution in [2.75, 3.05) is 18.0 Å². The second kappa shape index (κ2) is 9.84. The Labute approximate surface area is 173 Å². The molecule has 2 aromatic carbocycles. The molecule has 0 spiro atoms. The molecule has 29 heavy (non-hydrogen) atoms. The van der Waals surface area contributed by atoms with Crippen molar-refractivity contribution in [3.8, 4) is 11.3 Å². The number of carbonyl (C=O) groups excluding carboxylic acids is 1. The Balaban J connectivity index is 1.70. The highest BCUT2D eigenvalue weighted by Crippen LogP contribution is 2.28. The van der Waals surface area contributed by atoms with Gasteiger partial charge in [0.1, 0.15) is 6.54 Å². The maximum absolute atomic E-state index is 12.0. The fourth-order valence-corrected chi connectivity index (χ4v) is 3.76. The van der Waals surface area contributed by atoms with Gasteiger partial charge < -0.3 is 15.3 Å². The number of amides is 1. The number of thiazole rings is 1. The number of carboxylic acids is 1. The Kier molecular flexibility index (Phi) is 6.97. The van der Waals surface area contributed by atoms with E-state index in [9.17, 15) is 9.59 Å². The molecule has 0 saturated carbocycles. The van der Waals surface area contributed by atoms with Gasteiger partial charge in [-0.1, -0.05) is 49.4 Å². The summed E-state index contributed by atoms with van der Waals surface area (Å²) in [7, 11) is 0. The lowest BCUT2D eigenvalue weighted by Gasteiger charge is -2.21. The van der Waals surface area contributed by atoms with Crippen LogP contribution in [0.15, 0.2) is 60.0 Å². The van der Waals surface area contributed by atoms with Crippen LogP contribution < -0.4 is 10.2 Å². The van der Waals surface area contributed by atoms with Crippen LogP contribution in [0.1, 0.15) is 29.3 Å². The van der Waals surface area contributed by atoms with E-state index in [-0.39, 0.29) is 0 Å². The van der Waals surface area contributed by atoms with Gasteiger partial charge in [0.15, 0.2) is 5.13 Å². The van der Waals surface area contributed by atoms with Crippen molar-refractivity contribution < 1.29 is 14.7 Å². The Morgan fingerprint density at radius 2 is 1.83 bits per heavy atom. The molecule has 0 aliphatic carbocycles. The number of hydrogen-bond donors (Lipinski definition) is 2. The molecule has 150 valence electrons. The second-order valence-electron chi connectivity index (χ2n) is 6.58. The number of nitrogens with one attached hydrogen (secondary N) is 1. The van der Waals surface area contributed by atoms with Crippen LogP contribution in [0.25, 0.3) is 11.3 Å². The summed E-state index contributed by atoms with van der Waals surface area (Å²) in [5.74, 6) is -1.46. The van der Waals surface area contributed by atoms with Gasteiger partial charge in [0.25, 0.3) is 5.91 Å². The van der Waals surface area contributed by atoms with Crippen LogP contribution in [0.5, 0.6) is 0 Å². The van der Waals surface area contributed by atoms with Gasteiger partial charge in [0.05, 0.1) is 5.69 Å². The van der Waals surface area contributed by atoms with Crippen LogP contribution in [0.2, 0.25) is 0 Å². The van der Waals surface area contributed by atoms with Gasteiger partial charge in [-0.3, -0.25) is 9.59 Å². The van der Waals surface area contributed by atoms with E-state index in [1.54, 1.807) is 23.5 Å². The zero-order chi connectivity index (χ0) is 20.6. The molecule has 2 N–H and O–H groups in total. The van der Waals surface area contributed by atoms with E-state index in [1.807, 2.05) is 30.3 Å². The van der Waals surface area contributed by atoms with Crippen LogP contribution in [0, 0.1) is 0 Å². The van der Waals surface area contributed by atoms with Crippen LogP contribution in [-0.4, -0.2) is 35.1 Å². The summed E-state index contributed by atoms with van der Waals surface area (Å²) in [4.78, 5) is 29.6. The summed E-state index contributed by atoms with van der Waals surface area (Å²) < 4.78 is 0. The highest BCUT2D eigenvalue weighted by molar-refractivity contribution is 7.14. The first-order chi connectivity index (χ1) is 14.1. The number of benzene rings is 2. The van der Waals surface area contributed by atoms with Gasteiger partial charge in [-0.25, -0.2) is 4.98 Å². The van der Waals surface area contributed by atoms with Gasteiger partial charge in [-0.15, -0.1) is 11.3 Å². The molecule has 1 amide bonds. The first-order valence-corrected chi connectivity index (χ1v) is 10.3. The standard InChI is InChI=1S/C22H23N3O3S/c1-2-12-25(22-24-19(15-29-22)17-6-4-3-5-7-17)14-16-8-10-18(11-9-16)21(28)23-13-20(26)27/h3-11,15H,2,12-14H2,1H3,(H,23,28)(H,26,27). The average Bonchev–Trinajstić information content (AvgIpc) is 3.23. The number of aromatic nitrogens is 1. The monoisotopic (exact) mass is 409 g/mol. The van der Waals surface area contributed by atoms with Gasteiger partial charge in [0, 0.05) is 29.6 Å². The molecule has 0 fully saturated rings. The highest BCUT2D eigenvalue weighted by atomic mass is 32.1. The summed E-state index contributed by atoms with van der Waals surface area (Å²) in [6, 6.07) is 17.3. The van der Waals surface area contributed by atoms with Crippen LogP contribution >= 0.6 is 11.3 Å². The number of carbonyl (C=O) groups is 2. The van der Waals surface area contributed by atoms with E-state index < -0.39 is 18.4 Å². The quantitative estimate of drug-likeness (QED) is 0.557. The summed E-state index contributed by atoms with van der Waals surface area (Å²) >= 11 is 1.62. The number of anilines is 1. The fourth-order valence-electron chi connectivity index (χ4n) is 2.90. The van der Waals surface area contributed by atoms with Crippen molar-refractivity contribution in [1.82, 2.24) is 10.3 Å². The number of nitrogens with zero attached hydrogens (tertiary/aromatic N) is 2. The van der Waals surface area contributed by atoms with E-state index in [4.69, 9.17) is 10.1 Å². The smallest absolute Gasteiger partial charge is 0.322 e. The summed E-state index contributed by atoms with van der Waals surface area (Å²) in [5.41, 5.74) is 3.57. The lowest BCUT2D eigenvalue weighted by molar-refractivity contribution is -0.135. The molecule has 7 heteroatoms. The summed E-state index contributed by atoms with van der Waals surface area (Å²) in [6.07, 6.45) is 0.996. The van der Waals surface area contributed by atoms with Crippen molar-refractivity contribution in [3.63, 3.8) is 0 Å². The minimum absolute atomic E-state index is 0.390. The number of aliphatic carboxylic acids is 1. The number of carboxylic acid groups (broad SMARTS) is 1. The van der Waals surface area contributed by atoms with Crippen molar-refractivity contribution in [3.05, 3.63) is 71.1 Å². The van der Waals surface area contributed by atoms with E-state index in [2.05, 4.69) is 34.7 Å². The highest BCUT2D eigenvalue weighted by Gasteiger charge is 2.13. The molecule has 6 nitrogen and oxygen atoms in total. The average molecular weight is 410 g/mol. The molecular weight excluding hydrogens is 386 g/mol. The predicted octanol–water partition coefficient (Wildman–Crippen LogP) is 4.04. The number of rotatable bonds is 9. The molecule has 0 radical (unpaired) electrons. The van der Waals surface area contributed by atoms with Crippen molar-refractivity contribution in [2.24, 2.45) is 0 Å². The molecule has 3 rings (SSSR count). The third-order valence-electron chi connectivity index (χ3n) is 4.32. The molecule has 0 saturated heterocycles. The maximum Gasteiger partial charge on any atom is 0.322 e. The minimum atomic E-state index is -1.07. The fraction of sp³-hybridized carbons (Fsp3) is 0.227. The molecule has 0 aliphatic rings. The lowest BCUT2D eigenvalue weighted by Crippen LogP contribution is -2.29. The first kappa shape index (κ1) is 20.5. The third kappa shape index (κ3) is 5.65. The van der Waals surface area contributed by atoms with Crippen LogP contribution in [0.4, 0.5) is 5.13 Å². The molecule has 1 heterocycles. The van der Waals surface area contributed by atoms with E-state index in [0.717, 1.165) is 34.9 Å². The van der Waals surface area contributed by atoms with Gasteiger partial charge in [-0.05, 0) is 24.1 Å². The Morgan fingerprint density at radius 1 is 1.10 bits per heavy atom. The van der Waals surface area contributed by atoms with Gasteiger partial charge >= 0.3 is 5.97 Å². The molecule has 0 bridgehead atoms. The lowest BCUT2D eigenvalue weighted by atomic mass is 10.1. The molecule has 0 atom stereocenters. The minimum Gasteiger partial charge on any atom is -0.480 e. The topological polar surface area (TPSA) is 82.5 Å². The van der Waals surface area contributed by atoms with Crippen molar-refractivity contribution >= 4 is 28.3 Å². The Bertz CT molecular complexity index is 955. The van der Waals surface area contributed by atoms with E-state index in [1.165, 1.54) is 0 Å². The van der Waals surface area contributed by atoms with E-state index in [0.29, 0.717) is 12.1 Å². The zero-order valence-electron chi connectivity index (χ0n) is 16.2. The Morgan fingerprint density at radius 3 is 2.48 bits per heavy atom. The predicted molar refractivity (Wildman–Crippen MR) is 115 cm³/mol. The van der Waals surface area contributed by atoms with Gasteiger partial charge in [0.2, 0.25) is 0 Å². The van der Waals surface area contributed by atoms with Crippen molar-refractivity contribution in [2.45, 2.75) is 19.9 Å². The molecular formula is C22H23N3O3S. The van der Waals surface area contributed by atoms with Crippen LogP contribution in [0.3, 0.4) is 0 Å². The maximum atomic E-state index is 12.0.